The van der Waals surface area contributed by atoms with E-state index in [9.17, 15) is 4.79 Å². The fourth-order valence-corrected chi connectivity index (χ4v) is 3.22. The highest BCUT2D eigenvalue weighted by Crippen LogP contribution is 2.21. The third kappa shape index (κ3) is 3.45. The number of fused-ring (bicyclic) bond motifs is 1. The van der Waals surface area contributed by atoms with E-state index in [1.165, 1.54) is 19.3 Å². The molecule has 5 nitrogen and oxygen atoms in total. The van der Waals surface area contributed by atoms with E-state index >= 15 is 0 Å². The highest BCUT2D eigenvalue weighted by atomic mass is 16.2. The molecule has 0 spiro atoms. The summed E-state index contributed by atoms with van der Waals surface area (Å²) < 4.78 is 0. The van der Waals surface area contributed by atoms with Crippen molar-refractivity contribution in [2.24, 2.45) is 0 Å². The number of hydrazine groups is 1. The maximum Gasteiger partial charge on any atom is 0.265 e. The van der Waals surface area contributed by atoms with Gasteiger partial charge in [-0.1, -0.05) is 19.3 Å². The first-order valence-corrected chi connectivity index (χ1v) is 8.25. The van der Waals surface area contributed by atoms with Gasteiger partial charge >= 0.3 is 0 Å². The number of rotatable bonds is 3. The molecule has 0 saturated heterocycles. The molecule has 1 aliphatic carbocycles. The van der Waals surface area contributed by atoms with Gasteiger partial charge in [0, 0.05) is 24.0 Å². The fraction of sp³-hybridized carbons (Fsp3) is 0.444. The van der Waals surface area contributed by atoms with Gasteiger partial charge in [-0.3, -0.25) is 10.2 Å². The molecule has 3 rings (SSSR count). The summed E-state index contributed by atoms with van der Waals surface area (Å²) in [4.78, 5) is 16.8. The van der Waals surface area contributed by atoms with Crippen LogP contribution < -0.4 is 11.2 Å². The van der Waals surface area contributed by atoms with E-state index in [-0.39, 0.29) is 5.91 Å². The first-order chi connectivity index (χ1) is 11.0. The number of nitrogen functional groups attached to an aromatic ring is 1. The number of carbonyl (C=O) groups is 1. The van der Waals surface area contributed by atoms with Gasteiger partial charge in [0.1, 0.15) is 5.82 Å². The SMILES string of the molecule is Cc1cc2cc(C(=O)NN(C)C3CCCCC3)ccc2nc1N. The average Bonchev–Trinajstić information content (AvgIpc) is 2.56. The Morgan fingerprint density at radius 3 is 2.74 bits per heavy atom. The predicted octanol–water partition coefficient (Wildman–Crippen LogP) is 3.03. The summed E-state index contributed by atoms with van der Waals surface area (Å²) in [6.45, 7) is 1.92. The van der Waals surface area contributed by atoms with Gasteiger partial charge in [-0.25, -0.2) is 9.99 Å². The highest BCUT2D eigenvalue weighted by Gasteiger charge is 2.20. The molecule has 0 unspecified atom stereocenters. The van der Waals surface area contributed by atoms with Gasteiger partial charge in [0.25, 0.3) is 5.91 Å². The lowest BCUT2D eigenvalue weighted by molar-refractivity contribution is 0.0711. The highest BCUT2D eigenvalue weighted by molar-refractivity contribution is 5.98. The van der Waals surface area contributed by atoms with Crippen LogP contribution in [0.2, 0.25) is 0 Å². The number of benzene rings is 1. The van der Waals surface area contributed by atoms with Crippen molar-refractivity contribution in [3.05, 3.63) is 35.4 Å². The van der Waals surface area contributed by atoms with Gasteiger partial charge in [0.2, 0.25) is 0 Å². The molecule has 3 N–H and O–H groups in total. The van der Waals surface area contributed by atoms with Crippen LogP contribution in [-0.4, -0.2) is 29.0 Å². The number of aromatic nitrogens is 1. The molecule has 1 fully saturated rings. The molecule has 1 heterocycles. The van der Waals surface area contributed by atoms with E-state index in [2.05, 4.69) is 10.4 Å². The third-order valence-electron chi connectivity index (χ3n) is 4.71. The standard InChI is InChI=1S/C18H24N4O/c1-12-10-14-11-13(8-9-16(14)20-17(12)19)18(23)21-22(2)15-6-4-3-5-7-15/h8-11,15H,3-7H2,1-2H3,(H2,19,20)(H,21,23). The van der Waals surface area contributed by atoms with Gasteiger partial charge in [0.05, 0.1) is 5.52 Å². The number of carbonyl (C=O) groups excluding carboxylic acids is 1. The van der Waals surface area contributed by atoms with Crippen LogP contribution in [0.15, 0.2) is 24.3 Å². The number of aryl methyl sites for hydroxylation is 1. The molecular formula is C18H24N4O. The van der Waals surface area contributed by atoms with Gasteiger partial charge < -0.3 is 5.73 Å². The summed E-state index contributed by atoms with van der Waals surface area (Å²) in [5.41, 5.74) is 11.2. The summed E-state index contributed by atoms with van der Waals surface area (Å²) in [5.74, 6) is 0.459. The lowest BCUT2D eigenvalue weighted by atomic mass is 9.95. The number of nitrogens with zero attached hydrogens (tertiary/aromatic N) is 2. The van der Waals surface area contributed by atoms with Gasteiger partial charge in [-0.15, -0.1) is 0 Å². The van der Waals surface area contributed by atoms with Crippen LogP contribution in [0.1, 0.15) is 48.0 Å². The molecule has 0 aliphatic heterocycles. The first kappa shape index (κ1) is 15.7. The molecular weight excluding hydrogens is 288 g/mol. The molecule has 1 amide bonds. The molecule has 23 heavy (non-hydrogen) atoms. The van der Waals surface area contributed by atoms with Gasteiger partial charge in [-0.05, 0) is 49.6 Å². The van der Waals surface area contributed by atoms with Crippen molar-refractivity contribution in [2.75, 3.05) is 12.8 Å². The smallest absolute Gasteiger partial charge is 0.265 e. The summed E-state index contributed by atoms with van der Waals surface area (Å²) in [6.07, 6.45) is 6.09. The maximum atomic E-state index is 12.5. The number of anilines is 1. The zero-order valence-corrected chi connectivity index (χ0v) is 13.8. The van der Waals surface area contributed by atoms with Crippen molar-refractivity contribution in [3.63, 3.8) is 0 Å². The Kier molecular flexibility index (Phi) is 4.48. The maximum absolute atomic E-state index is 12.5. The Hall–Kier alpha value is -2.14. The van der Waals surface area contributed by atoms with Crippen molar-refractivity contribution in [1.82, 2.24) is 15.4 Å². The van der Waals surface area contributed by atoms with Crippen LogP contribution in [-0.2, 0) is 0 Å². The minimum absolute atomic E-state index is 0.0746. The van der Waals surface area contributed by atoms with Crippen molar-refractivity contribution in [3.8, 4) is 0 Å². The lowest BCUT2D eigenvalue weighted by Crippen LogP contribution is -2.46. The van der Waals surface area contributed by atoms with E-state index < -0.39 is 0 Å². The number of nitrogens with one attached hydrogen (secondary N) is 1. The Balaban J connectivity index is 1.76. The molecule has 2 aromatic rings. The van der Waals surface area contributed by atoms with Crippen LogP contribution in [0.25, 0.3) is 10.9 Å². The van der Waals surface area contributed by atoms with Crippen molar-refractivity contribution in [2.45, 2.75) is 45.1 Å². The summed E-state index contributed by atoms with van der Waals surface area (Å²) >= 11 is 0. The Morgan fingerprint density at radius 1 is 1.26 bits per heavy atom. The largest absolute Gasteiger partial charge is 0.383 e. The summed E-state index contributed by atoms with van der Waals surface area (Å²) in [7, 11) is 1.96. The van der Waals surface area contributed by atoms with Crippen molar-refractivity contribution >= 4 is 22.6 Å². The lowest BCUT2D eigenvalue weighted by Gasteiger charge is -2.31. The Morgan fingerprint density at radius 2 is 2.00 bits per heavy atom. The molecule has 1 aromatic carbocycles. The van der Waals surface area contributed by atoms with Gasteiger partial charge in [0.15, 0.2) is 0 Å². The topological polar surface area (TPSA) is 71.2 Å². The van der Waals surface area contributed by atoms with E-state index in [0.29, 0.717) is 17.4 Å². The summed E-state index contributed by atoms with van der Waals surface area (Å²) in [6, 6.07) is 7.93. The fourth-order valence-electron chi connectivity index (χ4n) is 3.22. The summed E-state index contributed by atoms with van der Waals surface area (Å²) in [5, 5.41) is 2.91. The monoisotopic (exact) mass is 312 g/mol. The van der Waals surface area contributed by atoms with Crippen LogP contribution in [0, 0.1) is 6.92 Å². The minimum Gasteiger partial charge on any atom is -0.383 e. The van der Waals surface area contributed by atoms with E-state index in [1.54, 1.807) is 6.07 Å². The van der Waals surface area contributed by atoms with E-state index in [1.807, 2.05) is 37.2 Å². The Bertz CT molecular complexity index is 722. The second kappa shape index (κ2) is 6.54. The van der Waals surface area contributed by atoms with Crippen molar-refractivity contribution in [1.29, 1.82) is 0 Å². The number of hydrogen-bond donors (Lipinski definition) is 2. The third-order valence-corrected chi connectivity index (χ3v) is 4.71. The number of hydrogen-bond acceptors (Lipinski definition) is 4. The number of pyridine rings is 1. The van der Waals surface area contributed by atoms with E-state index in [0.717, 1.165) is 29.3 Å². The van der Waals surface area contributed by atoms with Crippen molar-refractivity contribution < 1.29 is 4.79 Å². The first-order valence-electron chi connectivity index (χ1n) is 8.25. The zero-order valence-electron chi connectivity index (χ0n) is 13.8. The zero-order chi connectivity index (χ0) is 16.4. The second-order valence-electron chi connectivity index (χ2n) is 6.44. The molecule has 1 aliphatic rings. The molecule has 0 radical (unpaired) electrons. The van der Waals surface area contributed by atoms with Crippen LogP contribution in [0.5, 0.6) is 0 Å². The second-order valence-corrected chi connectivity index (χ2v) is 6.44. The quantitative estimate of drug-likeness (QED) is 0.855. The minimum atomic E-state index is -0.0746. The molecule has 0 atom stereocenters. The van der Waals surface area contributed by atoms with Crippen LogP contribution >= 0.6 is 0 Å². The van der Waals surface area contributed by atoms with Crippen LogP contribution in [0.4, 0.5) is 5.82 Å². The normalized spacial score (nSPS) is 16.0. The van der Waals surface area contributed by atoms with Gasteiger partial charge in [-0.2, -0.15) is 0 Å². The predicted molar refractivity (Wildman–Crippen MR) is 93.0 cm³/mol. The average molecular weight is 312 g/mol. The Labute approximate surface area is 136 Å². The van der Waals surface area contributed by atoms with Crippen LogP contribution in [0.3, 0.4) is 0 Å². The molecule has 122 valence electrons. The molecule has 0 bridgehead atoms. The number of amides is 1. The number of nitrogens with two attached hydrogens (primary N) is 1. The van der Waals surface area contributed by atoms with E-state index in [4.69, 9.17) is 5.73 Å². The molecule has 1 aromatic heterocycles. The molecule has 5 heteroatoms. The molecule has 1 saturated carbocycles.